The van der Waals surface area contributed by atoms with Crippen LogP contribution in [0, 0.1) is 11.7 Å². The fraction of sp³-hybridized carbons (Fsp3) is 0.462. The summed E-state index contributed by atoms with van der Waals surface area (Å²) in [4.78, 5) is 13.6. The number of likely N-dealkylation sites (tertiary alicyclic amines) is 1. The molecule has 1 saturated heterocycles. The SMILES string of the molecule is CN1CC[C@H](C(=O)Cl)[C@@H](c2cccc(F)c2)C1.Cl. The van der Waals surface area contributed by atoms with E-state index < -0.39 is 0 Å². The van der Waals surface area contributed by atoms with Crippen molar-refractivity contribution in [2.45, 2.75) is 12.3 Å². The summed E-state index contributed by atoms with van der Waals surface area (Å²) in [6.07, 6.45) is 0.736. The van der Waals surface area contributed by atoms with Crippen LogP contribution < -0.4 is 0 Å². The zero-order valence-electron chi connectivity index (χ0n) is 10.1. The maximum Gasteiger partial charge on any atom is 0.225 e. The van der Waals surface area contributed by atoms with Gasteiger partial charge in [-0.15, -0.1) is 12.4 Å². The standard InChI is InChI=1S/C13H15ClFNO.ClH/c1-16-6-5-11(13(14)17)12(8-16)9-3-2-4-10(15)7-9;/h2-4,7,11-12H,5-6,8H2,1H3;1H/t11-,12+;/m0./s1. The van der Waals surface area contributed by atoms with E-state index in [1.54, 1.807) is 6.07 Å². The van der Waals surface area contributed by atoms with E-state index >= 15 is 0 Å². The second-order valence-electron chi connectivity index (χ2n) is 4.62. The van der Waals surface area contributed by atoms with Crippen molar-refractivity contribution in [2.75, 3.05) is 20.1 Å². The van der Waals surface area contributed by atoms with Gasteiger partial charge in [-0.05, 0) is 49.3 Å². The smallest absolute Gasteiger partial charge is 0.225 e. The Labute approximate surface area is 118 Å². The maximum atomic E-state index is 13.2. The van der Waals surface area contributed by atoms with Gasteiger partial charge in [-0.1, -0.05) is 12.1 Å². The fourth-order valence-electron chi connectivity index (χ4n) is 2.46. The number of hydrogen-bond donors (Lipinski definition) is 0. The van der Waals surface area contributed by atoms with Gasteiger partial charge in [0.2, 0.25) is 5.24 Å². The molecule has 1 aromatic carbocycles. The van der Waals surface area contributed by atoms with Crippen molar-refractivity contribution < 1.29 is 9.18 Å². The van der Waals surface area contributed by atoms with Crippen LogP contribution in [0.1, 0.15) is 17.9 Å². The van der Waals surface area contributed by atoms with Crippen molar-refractivity contribution in [2.24, 2.45) is 5.92 Å². The topological polar surface area (TPSA) is 20.3 Å². The zero-order chi connectivity index (χ0) is 12.4. The van der Waals surface area contributed by atoms with Crippen LogP contribution in [0.5, 0.6) is 0 Å². The van der Waals surface area contributed by atoms with Gasteiger partial charge in [0.1, 0.15) is 5.82 Å². The molecule has 0 amide bonds. The van der Waals surface area contributed by atoms with Gasteiger partial charge in [0.25, 0.3) is 0 Å². The Bertz CT molecular complexity index is 427. The van der Waals surface area contributed by atoms with E-state index in [1.165, 1.54) is 12.1 Å². The number of carbonyl (C=O) groups is 1. The maximum absolute atomic E-state index is 13.2. The minimum absolute atomic E-state index is 0. The summed E-state index contributed by atoms with van der Waals surface area (Å²) >= 11 is 5.64. The Morgan fingerprint density at radius 2 is 2.22 bits per heavy atom. The van der Waals surface area contributed by atoms with Crippen LogP contribution in [0.2, 0.25) is 0 Å². The highest BCUT2D eigenvalue weighted by atomic mass is 35.5. The number of rotatable bonds is 2. The van der Waals surface area contributed by atoms with E-state index in [2.05, 4.69) is 4.90 Å². The van der Waals surface area contributed by atoms with Gasteiger partial charge in [0, 0.05) is 18.4 Å². The molecule has 0 radical (unpaired) electrons. The minimum atomic E-state index is -0.313. The molecule has 1 aromatic rings. The third-order valence-electron chi connectivity index (χ3n) is 3.38. The van der Waals surface area contributed by atoms with E-state index in [0.717, 1.165) is 25.1 Å². The van der Waals surface area contributed by atoms with Gasteiger partial charge >= 0.3 is 0 Å². The summed E-state index contributed by atoms with van der Waals surface area (Å²) in [5, 5.41) is -0.313. The van der Waals surface area contributed by atoms with E-state index in [4.69, 9.17) is 11.6 Å². The molecule has 1 fully saturated rings. The van der Waals surface area contributed by atoms with Crippen LogP contribution >= 0.6 is 24.0 Å². The first-order chi connectivity index (χ1) is 8.08. The molecular formula is C13H16Cl2FNO. The highest BCUT2D eigenvalue weighted by molar-refractivity contribution is 6.64. The highest BCUT2D eigenvalue weighted by Gasteiger charge is 2.33. The quantitative estimate of drug-likeness (QED) is 0.781. The average Bonchev–Trinajstić information content (AvgIpc) is 2.28. The minimum Gasteiger partial charge on any atom is -0.306 e. The summed E-state index contributed by atoms with van der Waals surface area (Å²) in [5.74, 6) is -0.472. The van der Waals surface area contributed by atoms with Crippen molar-refractivity contribution in [3.05, 3.63) is 35.6 Å². The number of likely N-dealkylation sites (N-methyl/N-ethyl adjacent to an activating group) is 1. The number of hydrogen-bond acceptors (Lipinski definition) is 2. The lowest BCUT2D eigenvalue weighted by molar-refractivity contribution is -0.117. The fourth-order valence-corrected chi connectivity index (χ4v) is 2.72. The first-order valence-corrected chi connectivity index (χ1v) is 6.09. The Morgan fingerprint density at radius 1 is 1.50 bits per heavy atom. The third kappa shape index (κ3) is 3.44. The molecule has 5 heteroatoms. The van der Waals surface area contributed by atoms with Gasteiger partial charge in [-0.2, -0.15) is 0 Å². The number of carbonyl (C=O) groups excluding carboxylic acids is 1. The van der Waals surface area contributed by atoms with Gasteiger partial charge < -0.3 is 4.90 Å². The second kappa shape index (κ2) is 6.50. The number of halogens is 3. The van der Waals surface area contributed by atoms with E-state index in [9.17, 15) is 9.18 Å². The first-order valence-electron chi connectivity index (χ1n) is 5.71. The Morgan fingerprint density at radius 3 is 2.83 bits per heavy atom. The van der Waals surface area contributed by atoms with Crippen LogP contribution in [0.3, 0.4) is 0 Å². The molecular weight excluding hydrogens is 276 g/mol. The van der Waals surface area contributed by atoms with Crippen molar-refractivity contribution in [3.63, 3.8) is 0 Å². The van der Waals surface area contributed by atoms with Crippen LogP contribution in [0.15, 0.2) is 24.3 Å². The summed E-state index contributed by atoms with van der Waals surface area (Å²) in [7, 11) is 2.00. The molecule has 2 atom stereocenters. The van der Waals surface area contributed by atoms with Crippen LogP contribution in [0.4, 0.5) is 4.39 Å². The Hall–Kier alpha value is -0.640. The molecule has 0 aliphatic carbocycles. The molecule has 0 unspecified atom stereocenters. The Kier molecular flexibility index (Phi) is 5.57. The first kappa shape index (κ1) is 15.4. The number of benzene rings is 1. The molecule has 18 heavy (non-hydrogen) atoms. The molecule has 0 saturated carbocycles. The lowest BCUT2D eigenvalue weighted by Gasteiger charge is -2.35. The molecule has 2 rings (SSSR count). The lowest BCUT2D eigenvalue weighted by Crippen LogP contribution is -2.38. The van der Waals surface area contributed by atoms with E-state index in [-0.39, 0.29) is 35.3 Å². The number of piperidine rings is 1. The molecule has 0 bridgehead atoms. The van der Waals surface area contributed by atoms with E-state index in [0.29, 0.717) is 0 Å². The average molecular weight is 292 g/mol. The molecule has 0 spiro atoms. The predicted molar refractivity (Wildman–Crippen MR) is 72.9 cm³/mol. The summed E-state index contributed by atoms with van der Waals surface area (Å²) in [6, 6.07) is 6.44. The molecule has 1 aliphatic heterocycles. The number of nitrogens with zero attached hydrogens (tertiary/aromatic N) is 1. The lowest BCUT2D eigenvalue weighted by atomic mass is 9.81. The molecule has 0 aromatic heterocycles. The molecule has 1 aliphatic rings. The van der Waals surface area contributed by atoms with Gasteiger partial charge in [-0.25, -0.2) is 4.39 Å². The molecule has 0 N–H and O–H groups in total. The predicted octanol–water partition coefficient (Wildman–Crippen LogP) is 3.05. The Balaban J connectivity index is 0.00000162. The molecule has 2 nitrogen and oxygen atoms in total. The van der Waals surface area contributed by atoms with Crippen LogP contribution in [0.25, 0.3) is 0 Å². The normalized spacial score (nSPS) is 24.4. The van der Waals surface area contributed by atoms with Crippen LogP contribution in [-0.2, 0) is 4.79 Å². The zero-order valence-corrected chi connectivity index (χ0v) is 11.7. The van der Waals surface area contributed by atoms with E-state index in [1.807, 2.05) is 13.1 Å². The van der Waals surface area contributed by atoms with Gasteiger partial charge in [0.15, 0.2) is 0 Å². The third-order valence-corrected chi connectivity index (χ3v) is 3.66. The molecule has 1 heterocycles. The largest absolute Gasteiger partial charge is 0.306 e. The molecule has 100 valence electrons. The summed E-state index contributed by atoms with van der Waals surface area (Å²) < 4.78 is 13.2. The van der Waals surface area contributed by atoms with Crippen molar-refractivity contribution in [3.8, 4) is 0 Å². The van der Waals surface area contributed by atoms with Gasteiger partial charge in [-0.3, -0.25) is 4.79 Å². The monoisotopic (exact) mass is 291 g/mol. The van der Waals surface area contributed by atoms with Gasteiger partial charge in [0.05, 0.1) is 0 Å². The summed E-state index contributed by atoms with van der Waals surface area (Å²) in [6.45, 7) is 1.60. The second-order valence-corrected chi connectivity index (χ2v) is 5.00. The van der Waals surface area contributed by atoms with Crippen LogP contribution in [-0.4, -0.2) is 30.3 Å². The highest BCUT2D eigenvalue weighted by Crippen LogP contribution is 2.33. The summed E-state index contributed by atoms with van der Waals surface area (Å²) in [5.41, 5.74) is 0.857. The van der Waals surface area contributed by atoms with Crippen molar-refractivity contribution in [1.29, 1.82) is 0 Å². The van der Waals surface area contributed by atoms with Crippen molar-refractivity contribution >= 4 is 29.3 Å². The van der Waals surface area contributed by atoms with Crippen molar-refractivity contribution in [1.82, 2.24) is 4.90 Å².